The molecule has 0 atom stereocenters. The van der Waals surface area contributed by atoms with E-state index in [1.54, 1.807) is 12.1 Å². The predicted octanol–water partition coefficient (Wildman–Crippen LogP) is 0.599. The highest BCUT2D eigenvalue weighted by Crippen LogP contribution is 2.24. The largest absolute Gasteiger partial charge is 0.384 e. The number of nitrogens with two attached hydrogens (primary N) is 1. The summed E-state index contributed by atoms with van der Waals surface area (Å²) in [6.07, 6.45) is 0. The van der Waals surface area contributed by atoms with Crippen molar-refractivity contribution in [2.75, 3.05) is 39.0 Å². The molecule has 3 aromatic rings. The molecule has 1 fully saturated rings. The van der Waals surface area contributed by atoms with Crippen LogP contribution in [0.2, 0.25) is 0 Å². The van der Waals surface area contributed by atoms with Crippen molar-refractivity contribution in [3.05, 3.63) is 63.6 Å². The summed E-state index contributed by atoms with van der Waals surface area (Å²) in [5, 5.41) is 3.03. The van der Waals surface area contributed by atoms with Gasteiger partial charge in [-0.05, 0) is 31.3 Å². The molecule has 0 saturated carbocycles. The fourth-order valence-electron chi connectivity index (χ4n) is 4.16. The Morgan fingerprint density at radius 1 is 1.00 bits per heavy atom. The van der Waals surface area contributed by atoms with E-state index in [2.05, 4.69) is 22.2 Å². The van der Waals surface area contributed by atoms with Gasteiger partial charge in [0.25, 0.3) is 17.4 Å². The second kappa shape index (κ2) is 7.29. The first kappa shape index (κ1) is 19.4. The van der Waals surface area contributed by atoms with E-state index in [0.717, 1.165) is 55.4 Å². The number of piperazine rings is 1. The Morgan fingerprint density at radius 2 is 1.77 bits per heavy atom. The summed E-state index contributed by atoms with van der Waals surface area (Å²) in [4.78, 5) is 46.0. The van der Waals surface area contributed by atoms with Crippen LogP contribution in [0.15, 0.2) is 41.2 Å². The molecule has 0 bridgehead atoms. The molecule has 1 aromatic carbocycles. The predicted molar refractivity (Wildman–Crippen MR) is 116 cm³/mol. The zero-order valence-corrected chi connectivity index (χ0v) is 17.1. The van der Waals surface area contributed by atoms with E-state index in [4.69, 9.17) is 10.7 Å². The van der Waals surface area contributed by atoms with Crippen LogP contribution in [0, 0.1) is 0 Å². The van der Waals surface area contributed by atoms with Crippen LogP contribution in [0.1, 0.15) is 26.4 Å². The molecule has 2 amide bonds. The van der Waals surface area contributed by atoms with Gasteiger partial charge in [0.2, 0.25) is 0 Å². The summed E-state index contributed by atoms with van der Waals surface area (Å²) in [6.45, 7) is 4.94. The smallest absolute Gasteiger partial charge is 0.262 e. The fourth-order valence-corrected chi connectivity index (χ4v) is 4.16. The first-order valence-electron chi connectivity index (χ1n) is 10.1. The number of nitrogens with zero attached hydrogens (tertiary/aromatic N) is 4. The van der Waals surface area contributed by atoms with Crippen LogP contribution in [0.3, 0.4) is 0 Å². The number of fused-ring (bicyclic) bond motifs is 2. The maximum absolute atomic E-state index is 12.7. The van der Waals surface area contributed by atoms with Crippen LogP contribution in [-0.4, -0.2) is 64.4 Å². The second-order valence-electron chi connectivity index (χ2n) is 8.03. The van der Waals surface area contributed by atoms with Crippen molar-refractivity contribution in [3.8, 4) is 5.69 Å². The molecule has 2 aliphatic rings. The molecular weight excluding hydrogens is 396 g/mol. The van der Waals surface area contributed by atoms with E-state index in [1.165, 1.54) is 4.57 Å². The number of hydrogen-bond donors (Lipinski definition) is 2. The number of imide groups is 1. The van der Waals surface area contributed by atoms with Gasteiger partial charge in [-0.25, -0.2) is 0 Å². The Labute approximate surface area is 178 Å². The summed E-state index contributed by atoms with van der Waals surface area (Å²) in [5.41, 5.74) is 8.02. The lowest BCUT2D eigenvalue weighted by atomic mass is 10.1. The Morgan fingerprint density at radius 3 is 2.55 bits per heavy atom. The number of hydrogen-bond acceptors (Lipinski definition) is 7. The third-order valence-electron chi connectivity index (χ3n) is 5.92. The van der Waals surface area contributed by atoms with Gasteiger partial charge < -0.3 is 10.6 Å². The van der Waals surface area contributed by atoms with Crippen LogP contribution in [0.4, 0.5) is 5.82 Å². The van der Waals surface area contributed by atoms with Crippen LogP contribution in [-0.2, 0) is 6.54 Å². The monoisotopic (exact) mass is 418 g/mol. The van der Waals surface area contributed by atoms with Crippen LogP contribution in [0.5, 0.6) is 0 Å². The normalized spacial score (nSPS) is 17.2. The van der Waals surface area contributed by atoms with Gasteiger partial charge in [-0.15, -0.1) is 0 Å². The van der Waals surface area contributed by atoms with Gasteiger partial charge in [-0.2, -0.15) is 0 Å². The van der Waals surface area contributed by atoms with E-state index < -0.39 is 17.4 Å². The van der Waals surface area contributed by atoms with E-state index in [-0.39, 0.29) is 16.9 Å². The number of carbonyl (C=O) groups is 2. The quantitative estimate of drug-likeness (QED) is 0.599. The third-order valence-corrected chi connectivity index (χ3v) is 5.92. The Kier molecular flexibility index (Phi) is 4.57. The zero-order chi connectivity index (χ0) is 21.7. The molecule has 2 aliphatic heterocycles. The molecule has 3 N–H and O–H groups in total. The number of benzene rings is 1. The van der Waals surface area contributed by atoms with Crippen molar-refractivity contribution in [2.45, 2.75) is 6.54 Å². The Hall–Kier alpha value is -3.56. The minimum absolute atomic E-state index is 0.0137. The molecule has 0 aliphatic carbocycles. The van der Waals surface area contributed by atoms with Gasteiger partial charge in [0.05, 0.1) is 28.0 Å². The van der Waals surface area contributed by atoms with Gasteiger partial charge in [0.15, 0.2) is 0 Å². The first-order chi connectivity index (χ1) is 14.9. The van der Waals surface area contributed by atoms with Gasteiger partial charge in [0.1, 0.15) is 5.82 Å². The summed E-state index contributed by atoms with van der Waals surface area (Å²) < 4.78 is 1.24. The van der Waals surface area contributed by atoms with E-state index in [0.29, 0.717) is 5.69 Å². The Balaban J connectivity index is 1.49. The minimum atomic E-state index is -0.605. The first-order valence-corrected chi connectivity index (χ1v) is 10.1. The molecule has 4 heterocycles. The number of amides is 2. The average molecular weight is 418 g/mol. The summed E-state index contributed by atoms with van der Waals surface area (Å²) in [5.74, 6) is -1.25. The highest BCUT2D eigenvalue weighted by molar-refractivity contribution is 6.23. The fraction of sp³-hybridized carbons (Fsp3) is 0.273. The van der Waals surface area contributed by atoms with Crippen molar-refractivity contribution >= 4 is 28.5 Å². The number of nitrogens with one attached hydrogen (secondary N) is 1. The molecule has 31 heavy (non-hydrogen) atoms. The van der Waals surface area contributed by atoms with Gasteiger partial charge >= 0.3 is 0 Å². The summed E-state index contributed by atoms with van der Waals surface area (Å²) >= 11 is 0. The standard InChI is InChI=1S/C22H22N6O3/c1-26-6-8-27(9-7-26)12-14-3-2-13-10-15(4-5-17(13)24-14)28-18(29)11-16-19(20(28)23)22(31)25-21(16)30/h2-5,10-11H,6-9,12,23H2,1H3,(H,25,30,31). The van der Waals surface area contributed by atoms with Gasteiger partial charge in [0, 0.05) is 44.2 Å². The molecule has 5 rings (SSSR count). The lowest BCUT2D eigenvalue weighted by molar-refractivity contribution is 0.0880. The van der Waals surface area contributed by atoms with Gasteiger partial charge in [-0.3, -0.25) is 34.2 Å². The number of pyridine rings is 2. The summed E-state index contributed by atoms with van der Waals surface area (Å²) in [6, 6.07) is 10.5. The molecule has 0 spiro atoms. The number of anilines is 1. The average Bonchev–Trinajstić information content (AvgIpc) is 3.03. The van der Waals surface area contributed by atoms with Gasteiger partial charge in [-0.1, -0.05) is 6.07 Å². The van der Waals surface area contributed by atoms with E-state index in [9.17, 15) is 14.4 Å². The van der Waals surface area contributed by atoms with Crippen molar-refractivity contribution in [2.24, 2.45) is 0 Å². The maximum Gasteiger partial charge on any atom is 0.262 e. The molecule has 0 unspecified atom stereocenters. The topological polar surface area (TPSA) is 114 Å². The minimum Gasteiger partial charge on any atom is -0.384 e. The van der Waals surface area contributed by atoms with Crippen LogP contribution >= 0.6 is 0 Å². The van der Waals surface area contributed by atoms with Crippen LogP contribution < -0.4 is 16.6 Å². The van der Waals surface area contributed by atoms with Crippen molar-refractivity contribution < 1.29 is 9.59 Å². The molecule has 158 valence electrons. The second-order valence-corrected chi connectivity index (χ2v) is 8.03. The zero-order valence-electron chi connectivity index (χ0n) is 17.1. The van der Waals surface area contributed by atoms with Crippen molar-refractivity contribution in [3.63, 3.8) is 0 Å². The molecule has 9 heteroatoms. The number of rotatable bonds is 3. The molecule has 1 saturated heterocycles. The number of nitrogen functional groups attached to an aromatic ring is 1. The Bertz CT molecular complexity index is 1290. The SMILES string of the molecule is CN1CCN(Cc2ccc3cc(-n4c(N)c5c(cc4=O)C(=O)NC5=O)ccc3n2)CC1. The maximum atomic E-state index is 12.7. The third kappa shape index (κ3) is 3.37. The van der Waals surface area contributed by atoms with E-state index in [1.807, 2.05) is 18.2 Å². The lowest BCUT2D eigenvalue weighted by Gasteiger charge is -2.32. The van der Waals surface area contributed by atoms with Crippen molar-refractivity contribution in [1.82, 2.24) is 24.7 Å². The van der Waals surface area contributed by atoms with E-state index >= 15 is 0 Å². The molecule has 2 aromatic heterocycles. The number of carbonyl (C=O) groups excluding carboxylic acids is 2. The molecule has 9 nitrogen and oxygen atoms in total. The van der Waals surface area contributed by atoms with Crippen LogP contribution in [0.25, 0.3) is 16.6 Å². The molecule has 0 radical (unpaired) electrons. The molecular formula is C22H22N6O3. The lowest BCUT2D eigenvalue weighted by Crippen LogP contribution is -2.43. The highest BCUT2D eigenvalue weighted by atomic mass is 16.2. The number of aromatic nitrogens is 2. The summed E-state index contributed by atoms with van der Waals surface area (Å²) in [7, 11) is 2.13. The number of likely N-dealkylation sites (N-methyl/N-ethyl adjacent to an activating group) is 1. The van der Waals surface area contributed by atoms with Crippen molar-refractivity contribution in [1.29, 1.82) is 0 Å². The highest BCUT2D eigenvalue weighted by Gasteiger charge is 2.31.